The van der Waals surface area contributed by atoms with Crippen molar-refractivity contribution in [3.8, 4) is 0 Å². The van der Waals surface area contributed by atoms with Crippen LogP contribution in [0, 0.1) is 0 Å². The van der Waals surface area contributed by atoms with E-state index in [0.29, 0.717) is 6.04 Å². The second kappa shape index (κ2) is 5.53. The van der Waals surface area contributed by atoms with Crippen molar-refractivity contribution < 1.29 is 4.79 Å². The summed E-state index contributed by atoms with van der Waals surface area (Å²) < 4.78 is 0. The fourth-order valence-electron chi connectivity index (χ4n) is 3.02. The van der Waals surface area contributed by atoms with E-state index in [4.69, 9.17) is 5.73 Å². The van der Waals surface area contributed by atoms with Crippen LogP contribution in [0.4, 0.5) is 5.00 Å². The lowest BCUT2D eigenvalue weighted by Crippen LogP contribution is -2.28. The first-order chi connectivity index (χ1) is 9.25. The molecule has 1 fully saturated rings. The van der Waals surface area contributed by atoms with Crippen molar-refractivity contribution in [1.29, 1.82) is 0 Å². The van der Waals surface area contributed by atoms with Gasteiger partial charge in [0.05, 0.1) is 5.56 Å². The van der Waals surface area contributed by atoms with Crippen molar-refractivity contribution in [2.75, 3.05) is 5.32 Å². The summed E-state index contributed by atoms with van der Waals surface area (Å²) in [5.74, 6) is -0.250. The lowest BCUT2D eigenvalue weighted by molar-refractivity contribution is 0.100. The van der Waals surface area contributed by atoms with Gasteiger partial charge in [-0.2, -0.15) is 0 Å². The molecule has 1 aromatic rings. The Morgan fingerprint density at radius 3 is 2.47 bits per heavy atom. The zero-order chi connectivity index (χ0) is 13.2. The Labute approximate surface area is 118 Å². The molecule has 3 rings (SSSR count). The molecule has 0 spiro atoms. The topological polar surface area (TPSA) is 55.1 Å². The van der Waals surface area contributed by atoms with E-state index in [0.717, 1.165) is 23.4 Å². The Morgan fingerprint density at radius 2 is 1.84 bits per heavy atom. The second-order valence-electron chi connectivity index (χ2n) is 5.76. The number of anilines is 1. The van der Waals surface area contributed by atoms with Gasteiger partial charge in [0, 0.05) is 10.9 Å². The first-order valence-electron chi connectivity index (χ1n) is 7.46. The SMILES string of the molecule is NC(=O)c1c(NC2CCC2)sc2c1CCCCCC2. The minimum Gasteiger partial charge on any atom is -0.374 e. The van der Waals surface area contributed by atoms with Crippen LogP contribution in [0.15, 0.2) is 0 Å². The van der Waals surface area contributed by atoms with Crippen LogP contribution in [0.25, 0.3) is 0 Å². The van der Waals surface area contributed by atoms with Crippen molar-refractivity contribution >= 4 is 22.2 Å². The maximum atomic E-state index is 11.8. The number of carbonyl (C=O) groups excluding carboxylic acids is 1. The molecule has 3 N–H and O–H groups in total. The van der Waals surface area contributed by atoms with Crippen molar-refractivity contribution in [3.63, 3.8) is 0 Å². The van der Waals surface area contributed by atoms with E-state index in [1.165, 1.54) is 55.4 Å². The van der Waals surface area contributed by atoms with Crippen LogP contribution in [0.2, 0.25) is 0 Å². The van der Waals surface area contributed by atoms with E-state index in [-0.39, 0.29) is 5.91 Å². The lowest BCUT2D eigenvalue weighted by atomic mass is 9.92. The summed E-state index contributed by atoms with van der Waals surface area (Å²) in [5, 5.41) is 4.59. The molecule has 2 aliphatic carbocycles. The van der Waals surface area contributed by atoms with Crippen LogP contribution >= 0.6 is 11.3 Å². The predicted molar refractivity (Wildman–Crippen MR) is 80.0 cm³/mol. The largest absolute Gasteiger partial charge is 0.374 e. The Kier molecular flexibility index (Phi) is 3.78. The summed E-state index contributed by atoms with van der Waals surface area (Å²) in [4.78, 5) is 13.2. The third-order valence-corrected chi connectivity index (χ3v) is 5.58. The zero-order valence-electron chi connectivity index (χ0n) is 11.3. The van der Waals surface area contributed by atoms with Crippen molar-refractivity contribution in [2.24, 2.45) is 5.73 Å². The molecule has 0 bridgehead atoms. The Morgan fingerprint density at radius 1 is 1.11 bits per heavy atom. The number of carbonyl (C=O) groups is 1. The smallest absolute Gasteiger partial charge is 0.251 e. The van der Waals surface area contributed by atoms with Gasteiger partial charge in [0.15, 0.2) is 0 Å². The highest BCUT2D eigenvalue weighted by molar-refractivity contribution is 7.16. The maximum absolute atomic E-state index is 11.8. The third-order valence-electron chi connectivity index (χ3n) is 4.36. The van der Waals surface area contributed by atoms with E-state index >= 15 is 0 Å². The van der Waals surface area contributed by atoms with Crippen LogP contribution in [-0.2, 0) is 12.8 Å². The fourth-order valence-corrected chi connectivity index (χ4v) is 4.39. The predicted octanol–water partition coefficient (Wildman–Crippen LogP) is 3.47. The molecule has 3 nitrogen and oxygen atoms in total. The number of nitrogens with two attached hydrogens (primary N) is 1. The van der Waals surface area contributed by atoms with Gasteiger partial charge in [-0.3, -0.25) is 4.79 Å². The number of aryl methyl sites for hydroxylation is 1. The van der Waals surface area contributed by atoms with Crippen LogP contribution in [0.3, 0.4) is 0 Å². The molecule has 1 saturated carbocycles. The van der Waals surface area contributed by atoms with Gasteiger partial charge in [0.2, 0.25) is 0 Å². The lowest BCUT2D eigenvalue weighted by Gasteiger charge is -2.27. The van der Waals surface area contributed by atoms with E-state index < -0.39 is 0 Å². The zero-order valence-corrected chi connectivity index (χ0v) is 12.2. The minimum atomic E-state index is -0.250. The molecule has 1 aromatic heterocycles. The highest BCUT2D eigenvalue weighted by Gasteiger charge is 2.25. The van der Waals surface area contributed by atoms with Gasteiger partial charge in [-0.25, -0.2) is 0 Å². The molecule has 104 valence electrons. The van der Waals surface area contributed by atoms with Gasteiger partial charge in [0.25, 0.3) is 5.91 Å². The van der Waals surface area contributed by atoms with E-state index in [1.807, 2.05) is 0 Å². The van der Waals surface area contributed by atoms with Crippen LogP contribution < -0.4 is 11.1 Å². The highest BCUT2D eigenvalue weighted by atomic mass is 32.1. The van der Waals surface area contributed by atoms with Gasteiger partial charge in [-0.05, 0) is 50.5 Å². The average molecular weight is 278 g/mol. The first kappa shape index (κ1) is 13.0. The van der Waals surface area contributed by atoms with Gasteiger partial charge in [-0.1, -0.05) is 12.8 Å². The van der Waals surface area contributed by atoms with Crippen molar-refractivity contribution in [3.05, 3.63) is 16.0 Å². The number of fused-ring (bicyclic) bond motifs is 1. The number of hydrogen-bond donors (Lipinski definition) is 2. The molecule has 4 heteroatoms. The molecule has 2 aliphatic rings. The molecule has 0 saturated heterocycles. The molecule has 19 heavy (non-hydrogen) atoms. The number of rotatable bonds is 3. The maximum Gasteiger partial charge on any atom is 0.251 e. The van der Waals surface area contributed by atoms with E-state index in [1.54, 1.807) is 11.3 Å². The van der Waals surface area contributed by atoms with Gasteiger partial charge < -0.3 is 11.1 Å². The molecule has 1 amide bonds. The minimum absolute atomic E-state index is 0.250. The first-order valence-corrected chi connectivity index (χ1v) is 8.28. The van der Waals surface area contributed by atoms with Gasteiger partial charge in [0.1, 0.15) is 5.00 Å². The summed E-state index contributed by atoms with van der Waals surface area (Å²) in [5.41, 5.74) is 7.69. The molecular weight excluding hydrogens is 256 g/mol. The average Bonchev–Trinajstić information content (AvgIpc) is 2.61. The summed E-state index contributed by atoms with van der Waals surface area (Å²) in [6, 6.07) is 0.558. The third kappa shape index (κ3) is 2.64. The van der Waals surface area contributed by atoms with E-state index in [2.05, 4.69) is 5.32 Å². The normalized spacial score (nSPS) is 20.0. The number of nitrogens with one attached hydrogen (secondary N) is 1. The quantitative estimate of drug-likeness (QED) is 0.889. The molecule has 1 heterocycles. The number of primary amides is 1. The van der Waals surface area contributed by atoms with Crippen molar-refractivity contribution in [1.82, 2.24) is 0 Å². The number of hydrogen-bond acceptors (Lipinski definition) is 3. The summed E-state index contributed by atoms with van der Waals surface area (Å²) in [6.07, 6.45) is 10.9. The molecule has 0 radical (unpaired) electrons. The fraction of sp³-hybridized carbons (Fsp3) is 0.667. The van der Waals surface area contributed by atoms with Crippen molar-refractivity contribution in [2.45, 2.75) is 63.8 Å². The van der Waals surface area contributed by atoms with Gasteiger partial charge >= 0.3 is 0 Å². The number of thiophene rings is 1. The van der Waals surface area contributed by atoms with Crippen LogP contribution in [0.1, 0.15) is 65.7 Å². The molecule has 0 aliphatic heterocycles. The Hall–Kier alpha value is -1.03. The van der Waals surface area contributed by atoms with E-state index in [9.17, 15) is 4.79 Å². The van der Waals surface area contributed by atoms with Crippen LogP contribution in [0.5, 0.6) is 0 Å². The molecular formula is C15H22N2OS. The molecule has 0 atom stereocenters. The monoisotopic (exact) mass is 278 g/mol. The summed E-state index contributed by atoms with van der Waals surface area (Å²) in [7, 11) is 0. The summed E-state index contributed by atoms with van der Waals surface area (Å²) in [6.45, 7) is 0. The second-order valence-corrected chi connectivity index (χ2v) is 6.86. The summed E-state index contributed by atoms with van der Waals surface area (Å²) >= 11 is 1.78. The highest BCUT2D eigenvalue weighted by Crippen LogP contribution is 2.38. The Balaban J connectivity index is 1.92. The van der Waals surface area contributed by atoms with Gasteiger partial charge in [-0.15, -0.1) is 11.3 Å². The standard InChI is InChI=1S/C15H22N2OS/c16-14(18)13-11-8-3-1-2-4-9-12(11)19-15(13)17-10-6-5-7-10/h10,17H,1-9H2,(H2,16,18). The van der Waals surface area contributed by atoms with Crippen LogP contribution in [-0.4, -0.2) is 11.9 Å². The Bertz CT molecular complexity index is 477. The molecule has 0 aromatic carbocycles. The number of amides is 1. The molecule has 0 unspecified atom stereocenters.